The van der Waals surface area contributed by atoms with E-state index in [-0.39, 0.29) is 22.2 Å². The van der Waals surface area contributed by atoms with Crippen molar-refractivity contribution in [2.24, 2.45) is 0 Å². The molecule has 0 aliphatic heterocycles. The summed E-state index contributed by atoms with van der Waals surface area (Å²) in [6, 6.07) is 27.8. The highest BCUT2D eigenvalue weighted by Gasteiger charge is 2.19. The van der Waals surface area contributed by atoms with Crippen LogP contribution in [0.25, 0.3) is 21.8 Å². The summed E-state index contributed by atoms with van der Waals surface area (Å²) in [6.45, 7) is 2.32. The average molecular weight is 909 g/mol. The number of amides is 3. The fourth-order valence-corrected chi connectivity index (χ4v) is 6.42. The number of pyridine rings is 2. The number of nitrogens with one attached hydrogen (secondary N) is 3. The van der Waals surface area contributed by atoms with Crippen molar-refractivity contribution in [3.8, 4) is 40.2 Å². The molecule has 0 saturated heterocycles. The average Bonchev–Trinajstić information content (AvgIpc) is 3.30. The van der Waals surface area contributed by atoms with Gasteiger partial charge in [-0.05, 0) is 67.6 Å². The van der Waals surface area contributed by atoms with Crippen LogP contribution in [-0.4, -0.2) is 69.0 Å². The quantitative estimate of drug-likeness (QED) is 0.0981. The van der Waals surface area contributed by atoms with Crippen LogP contribution in [-0.2, 0) is 9.47 Å². The molecule has 0 aliphatic rings. The Balaban J connectivity index is 0.000000214. The maximum absolute atomic E-state index is 12.2. The van der Waals surface area contributed by atoms with E-state index in [1.165, 1.54) is 28.4 Å². The number of hydrogen-bond acceptors (Lipinski definition) is 13. The Kier molecular flexibility index (Phi) is 15.2. The third kappa shape index (κ3) is 11.2. The van der Waals surface area contributed by atoms with Gasteiger partial charge >= 0.3 is 24.1 Å². The van der Waals surface area contributed by atoms with Gasteiger partial charge < -0.3 is 43.8 Å². The van der Waals surface area contributed by atoms with Crippen LogP contribution in [0.4, 0.5) is 21.0 Å². The summed E-state index contributed by atoms with van der Waals surface area (Å²) in [7, 11) is 5.51. The molecule has 18 heteroatoms. The summed E-state index contributed by atoms with van der Waals surface area (Å²) in [5.41, 5.74) is 2.45. The first-order valence-electron chi connectivity index (χ1n) is 19.1. The number of fused-ring (bicyclic) bond motifs is 2. The number of anilines is 2. The zero-order valence-electron chi connectivity index (χ0n) is 34.8. The molecule has 7 rings (SSSR count). The van der Waals surface area contributed by atoms with Crippen molar-refractivity contribution in [2.45, 2.75) is 6.92 Å². The number of urea groups is 1. The van der Waals surface area contributed by atoms with E-state index in [4.69, 9.17) is 56.4 Å². The SMILES string of the molecule is CCNC(=O)Nc1ccc(Oc2ccnc3cc(OC)c(C(=O)OC)cc23)cc1Cl.COC(=O)c1cc2c(Oc3ccc(NC(=O)Oc4ccccc4)c(Cl)c3)ccnc2cc1OC. The van der Waals surface area contributed by atoms with E-state index in [1.807, 2.05) is 13.0 Å². The van der Waals surface area contributed by atoms with E-state index < -0.39 is 18.0 Å². The molecule has 328 valence electrons. The van der Waals surface area contributed by atoms with Gasteiger partial charge in [0, 0.05) is 54.0 Å². The molecule has 64 heavy (non-hydrogen) atoms. The summed E-state index contributed by atoms with van der Waals surface area (Å²) in [5, 5.41) is 9.62. The number of methoxy groups -OCH3 is 4. The fraction of sp³-hybridized carbons (Fsp3) is 0.130. The van der Waals surface area contributed by atoms with Crippen LogP contribution >= 0.6 is 23.2 Å². The van der Waals surface area contributed by atoms with Crippen molar-refractivity contribution in [1.82, 2.24) is 15.3 Å². The lowest BCUT2D eigenvalue weighted by molar-refractivity contribution is 0.0588. The number of benzene rings is 5. The molecule has 0 atom stereocenters. The van der Waals surface area contributed by atoms with Crippen molar-refractivity contribution < 1.29 is 52.3 Å². The molecule has 3 amide bonds. The van der Waals surface area contributed by atoms with Gasteiger partial charge in [-0.15, -0.1) is 0 Å². The molecule has 7 aromatic rings. The fourth-order valence-electron chi connectivity index (χ4n) is 5.98. The van der Waals surface area contributed by atoms with Crippen LogP contribution in [0.5, 0.6) is 40.2 Å². The standard InChI is InChI=1S/C25H19ClN2O6.C21H20ClN3O5/c1-31-23-14-21-17(13-18(23)24(29)32-2)22(10-11-27-21)33-16-8-9-20(19(26)12-16)28-25(30)34-15-6-4-3-5-7-15;1-4-23-21(27)25-16-6-5-12(9-15(16)22)30-18-7-8-24-17-11-19(28-2)14(10-13(17)18)20(26)29-3/h3-14H,1-2H3,(H,28,30);5-11H,4H2,1-3H3,(H2,23,25,27). The minimum atomic E-state index is -0.675. The number of esters is 2. The lowest BCUT2D eigenvalue weighted by Gasteiger charge is -2.13. The van der Waals surface area contributed by atoms with Crippen LogP contribution in [0.2, 0.25) is 10.0 Å². The van der Waals surface area contributed by atoms with Gasteiger partial charge in [0.05, 0.1) is 60.9 Å². The maximum Gasteiger partial charge on any atom is 0.417 e. The lowest BCUT2D eigenvalue weighted by atomic mass is 10.1. The molecule has 0 saturated carbocycles. The van der Waals surface area contributed by atoms with Crippen LogP contribution in [0.1, 0.15) is 27.6 Å². The number of rotatable bonds is 12. The molecule has 0 aliphatic carbocycles. The Hall–Kier alpha value is -7.82. The highest BCUT2D eigenvalue weighted by atomic mass is 35.5. The van der Waals surface area contributed by atoms with Gasteiger partial charge in [0.25, 0.3) is 0 Å². The Morgan fingerprint density at radius 2 is 1.05 bits per heavy atom. The summed E-state index contributed by atoms with van der Waals surface area (Å²) in [4.78, 5) is 56.7. The summed E-state index contributed by atoms with van der Waals surface area (Å²) in [5.74, 6) is 1.78. The number of nitrogens with zero attached hydrogens (tertiary/aromatic N) is 2. The number of hydrogen-bond donors (Lipinski definition) is 3. The molecule has 2 aromatic heterocycles. The summed E-state index contributed by atoms with van der Waals surface area (Å²) < 4.78 is 37.4. The van der Waals surface area contributed by atoms with Crippen molar-refractivity contribution >= 4 is 80.4 Å². The molecule has 0 spiro atoms. The van der Waals surface area contributed by atoms with Crippen LogP contribution < -0.4 is 39.6 Å². The number of aromatic nitrogens is 2. The summed E-state index contributed by atoms with van der Waals surface area (Å²) >= 11 is 12.6. The minimum absolute atomic E-state index is 0.241. The van der Waals surface area contributed by atoms with Gasteiger partial charge in [0.15, 0.2) is 0 Å². The number of para-hydroxylation sites is 1. The topological polar surface area (TPSA) is 195 Å². The van der Waals surface area contributed by atoms with Crippen molar-refractivity contribution in [3.05, 3.63) is 137 Å². The van der Waals surface area contributed by atoms with Crippen LogP contribution in [0, 0.1) is 0 Å². The molecule has 0 bridgehead atoms. The largest absolute Gasteiger partial charge is 0.496 e. The van der Waals surface area contributed by atoms with Crippen molar-refractivity contribution in [3.63, 3.8) is 0 Å². The van der Waals surface area contributed by atoms with E-state index in [2.05, 4.69) is 25.9 Å². The number of carbonyl (C=O) groups is 4. The molecule has 16 nitrogen and oxygen atoms in total. The molecular weight excluding hydrogens is 869 g/mol. The van der Waals surface area contributed by atoms with Crippen LogP contribution in [0.15, 0.2) is 116 Å². The number of ether oxygens (including phenoxy) is 7. The van der Waals surface area contributed by atoms with E-state index >= 15 is 0 Å². The second-order valence-electron chi connectivity index (χ2n) is 13.0. The number of carbonyl (C=O) groups excluding carboxylic acids is 4. The predicted octanol–water partition coefficient (Wildman–Crippen LogP) is 10.7. The highest BCUT2D eigenvalue weighted by molar-refractivity contribution is 6.34. The smallest absolute Gasteiger partial charge is 0.417 e. The van der Waals surface area contributed by atoms with E-state index in [9.17, 15) is 19.2 Å². The first-order chi connectivity index (χ1) is 30.9. The third-order valence-electron chi connectivity index (χ3n) is 8.97. The third-order valence-corrected chi connectivity index (χ3v) is 9.59. The molecule has 0 fully saturated rings. The monoisotopic (exact) mass is 907 g/mol. The predicted molar refractivity (Wildman–Crippen MR) is 241 cm³/mol. The van der Waals surface area contributed by atoms with Gasteiger partial charge in [-0.2, -0.15) is 0 Å². The number of halogens is 2. The molecule has 5 aromatic carbocycles. The maximum atomic E-state index is 12.2. The molecule has 0 radical (unpaired) electrons. The second-order valence-corrected chi connectivity index (χ2v) is 13.9. The van der Waals surface area contributed by atoms with Crippen molar-refractivity contribution in [1.29, 1.82) is 0 Å². The normalized spacial score (nSPS) is 10.4. The van der Waals surface area contributed by atoms with E-state index in [0.29, 0.717) is 85.0 Å². The lowest BCUT2D eigenvalue weighted by Crippen LogP contribution is -2.28. The van der Waals surface area contributed by atoms with Crippen molar-refractivity contribution in [2.75, 3.05) is 45.6 Å². The Morgan fingerprint density at radius 1 is 0.562 bits per heavy atom. The zero-order chi connectivity index (χ0) is 45.8. The first kappa shape index (κ1) is 45.7. The van der Waals surface area contributed by atoms with Crippen LogP contribution in [0.3, 0.4) is 0 Å². The minimum Gasteiger partial charge on any atom is -0.496 e. The molecule has 2 heterocycles. The van der Waals surface area contributed by atoms with Gasteiger partial charge in [-0.3, -0.25) is 15.3 Å². The zero-order valence-corrected chi connectivity index (χ0v) is 36.3. The second kappa shape index (κ2) is 21.3. The van der Waals surface area contributed by atoms with Gasteiger partial charge in [0.2, 0.25) is 0 Å². The molecular formula is C46H39Cl2N5O11. The van der Waals surface area contributed by atoms with Gasteiger partial charge in [0.1, 0.15) is 51.4 Å². The van der Waals surface area contributed by atoms with E-state index in [1.54, 1.807) is 109 Å². The Bertz CT molecular complexity index is 2850. The Labute approximate surface area is 376 Å². The molecule has 0 unspecified atom stereocenters. The molecule has 3 N–H and O–H groups in total. The Morgan fingerprint density at radius 3 is 1.48 bits per heavy atom. The van der Waals surface area contributed by atoms with Gasteiger partial charge in [-0.1, -0.05) is 41.4 Å². The van der Waals surface area contributed by atoms with Gasteiger partial charge in [-0.25, -0.2) is 19.2 Å². The first-order valence-corrected chi connectivity index (χ1v) is 19.8. The van der Waals surface area contributed by atoms with E-state index in [0.717, 1.165) is 0 Å². The summed E-state index contributed by atoms with van der Waals surface area (Å²) in [6.07, 6.45) is 2.49. The highest BCUT2D eigenvalue weighted by Crippen LogP contribution is 2.37.